The van der Waals surface area contributed by atoms with Gasteiger partial charge in [0.1, 0.15) is 21.9 Å². The molecule has 0 aliphatic carbocycles. The van der Waals surface area contributed by atoms with E-state index >= 15 is 0 Å². The van der Waals surface area contributed by atoms with E-state index < -0.39 is 17.5 Å². The number of pyridine rings is 4. The van der Waals surface area contributed by atoms with Gasteiger partial charge >= 0.3 is 0 Å². The maximum atomic E-state index is 12.6. The van der Waals surface area contributed by atoms with Crippen LogP contribution in [0.1, 0.15) is 5.69 Å². The van der Waals surface area contributed by atoms with E-state index in [-0.39, 0.29) is 34.0 Å². The standard InChI is InChI=1S/C7H8FNO.C6H5ClFNO.C6H7FN2O.C5H3ClFN/c1-5-3-7(10-2)6(8)4-9-5;1-10-5-2-6(7)9-3-4(5)8;1-10-5-2-6(8)9-3-4(5)7;6-5-2-1-4(7)3-8-5/h3-4H,1-2H3;2-3H,1H3;2-3H,1H3,(H2,8,9);1-3H. The van der Waals surface area contributed by atoms with E-state index in [4.69, 9.17) is 33.7 Å². The molecule has 0 saturated carbocycles. The first kappa shape index (κ1) is 32.1. The van der Waals surface area contributed by atoms with Gasteiger partial charge in [0.05, 0.1) is 46.1 Å². The molecule has 8 nitrogen and oxygen atoms in total. The Kier molecular flexibility index (Phi) is 14.2. The third-order valence-electron chi connectivity index (χ3n) is 3.94. The number of aryl methyl sites for hydroxylation is 1. The fourth-order valence-corrected chi connectivity index (χ4v) is 2.44. The number of aromatic nitrogens is 4. The van der Waals surface area contributed by atoms with Crippen LogP contribution in [0.3, 0.4) is 0 Å². The van der Waals surface area contributed by atoms with Crippen LogP contribution in [-0.2, 0) is 0 Å². The molecule has 204 valence electrons. The fraction of sp³-hybridized carbons (Fsp3) is 0.167. The molecule has 0 aromatic carbocycles. The zero-order valence-corrected chi connectivity index (χ0v) is 22.1. The molecule has 4 heterocycles. The molecular formula is C24H23Cl2F4N5O3. The molecule has 0 amide bonds. The fourth-order valence-electron chi connectivity index (χ4n) is 2.18. The highest BCUT2D eigenvalue weighted by molar-refractivity contribution is 6.29. The minimum Gasteiger partial charge on any atom is -0.494 e. The van der Waals surface area contributed by atoms with Crippen molar-refractivity contribution in [2.75, 3.05) is 27.1 Å². The molecule has 38 heavy (non-hydrogen) atoms. The molecule has 4 rings (SSSR count). The summed E-state index contributed by atoms with van der Waals surface area (Å²) < 4.78 is 63.6. The van der Waals surface area contributed by atoms with Crippen molar-refractivity contribution in [1.82, 2.24) is 19.9 Å². The van der Waals surface area contributed by atoms with Gasteiger partial charge in [0.25, 0.3) is 0 Å². The summed E-state index contributed by atoms with van der Waals surface area (Å²) in [6, 6.07) is 6.85. The Labute approximate surface area is 226 Å². The Morgan fingerprint density at radius 2 is 1.11 bits per heavy atom. The van der Waals surface area contributed by atoms with Crippen molar-refractivity contribution in [3.05, 3.63) is 94.4 Å². The number of hydrogen-bond donors (Lipinski definition) is 1. The van der Waals surface area contributed by atoms with Crippen LogP contribution in [0.4, 0.5) is 23.4 Å². The monoisotopic (exact) mass is 575 g/mol. The van der Waals surface area contributed by atoms with E-state index in [1.807, 2.05) is 0 Å². The predicted octanol–water partition coefficient (Wildman–Crippen LogP) is 6.11. The molecular weight excluding hydrogens is 553 g/mol. The maximum Gasteiger partial charge on any atom is 0.183 e. The zero-order valence-electron chi connectivity index (χ0n) is 20.6. The van der Waals surface area contributed by atoms with Crippen LogP contribution in [0, 0.1) is 30.2 Å². The quantitative estimate of drug-likeness (QED) is 0.230. The van der Waals surface area contributed by atoms with Crippen molar-refractivity contribution < 1.29 is 31.8 Å². The molecule has 0 atom stereocenters. The first-order chi connectivity index (χ1) is 18.0. The number of nitrogens with two attached hydrogens (primary N) is 1. The van der Waals surface area contributed by atoms with E-state index in [1.165, 1.54) is 45.6 Å². The van der Waals surface area contributed by atoms with Crippen molar-refractivity contribution >= 4 is 29.0 Å². The average Bonchev–Trinajstić information content (AvgIpc) is 2.91. The average molecular weight is 576 g/mol. The van der Waals surface area contributed by atoms with Gasteiger partial charge in [-0.3, -0.25) is 4.98 Å². The van der Waals surface area contributed by atoms with Crippen LogP contribution in [0.2, 0.25) is 10.3 Å². The Balaban J connectivity index is 0.000000254. The number of rotatable bonds is 3. The lowest BCUT2D eigenvalue weighted by molar-refractivity contribution is 0.384. The van der Waals surface area contributed by atoms with Gasteiger partial charge in [-0.25, -0.2) is 32.5 Å². The molecule has 0 bridgehead atoms. The third-order valence-corrected chi connectivity index (χ3v) is 4.37. The summed E-state index contributed by atoms with van der Waals surface area (Å²) in [6.07, 6.45) is 4.26. The summed E-state index contributed by atoms with van der Waals surface area (Å²) in [5.74, 6) is -1.08. The van der Waals surface area contributed by atoms with Gasteiger partial charge in [-0.05, 0) is 19.1 Å². The Morgan fingerprint density at radius 3 is 1.53 bits per heavy atom. The maximum absolute atomic E-state index is 12.6. The smallest absolute Gasteiger partial charge is 0.183 e. The molecule has 2 N–H and O–H groups in total. The van der Waals surface area contributed by atoms with E-state index in [9.17, 15) is 17.6 Å². The lowest BCUT2D eigenvalue weighted by Gasteiger charge is -2.00. The van der Waals surface area contributed by atoms with Crippen LogP contribution in [0.25, 0.3) is 0 Å². The van der Waals surface area contributed by atoms with Crippen LogP contribution >= 0.6 is 23.2 Å². The number of ether oxygens (including phenoxy) is 3. The van der Waals surface area contributed by atoms with Gasteiger partial charge in [-0.1, -0.05) is 23.2 Å². The summed E-state index contributed by atoms with van der Waals surface area (Å²) >= 11 is 10.8. The number of nitrogens with zero attached hydrogens (tertiary/aromatic N) is 4. The number of nitrogen functional groups attached to an aromatic ring is 1. The van der Waals surface area contributed by atoms with Crippen LogP contribution in [0.15, 0.2) is 55.1 Å². The number of hydrogen-bond acceptors (Lipinski definition) is 8. The van der Waals surface area contributed by atoms with E-state index in [1.54, 1.807) is 13.0 Å². The van der Waals surface area contributed by atoms with E-state index in [2.05, 4.69) is 29.4 Å². The molecule has 0 unspecified atom stereocenters. The summed E-state index contributed by atoms with van der Waals surface area (Å²) in [4.78, 5) is 14.2. The van der Waals surface area contributed by atoms with Gasteiger partial charge in [0, 0.05) is 23.9 Å². The largest absolute Gasteiger partial charge is 0.494 e. The molecule has 4 aromatic rings. The molecule has 0 spiro atoms. The molecule has 0 saturated heterocycles. The van der Waals surface area contributed by atoms with E-state index in [0.717, 1.165) is 30.5 Å². The second-order valence-electron chi connectivity index (χ2n) is 6.64. The Hall–Kier alpha value is -3.90. The van der Waals surface area contributed by atoms with Crippen molar-refractivity contribution in [3.8, 4) is 17.2 Å². The lowest BCUT2D eigenvalue weighted by atomic mass is 10.3. The second kappa shape index (κ2) is 16.8. The molecule has 0 aliphatic rings. The number of halogens is 6. The SMILES string of the molecule is COc1cc(C)ncc1F.COc1cc(Cl)ncc1F.COc1cc(N)ncc1F.Fc1ccc(Cl)nc1. The zero-order chi connectivity index (χ0) is 28.7. The summed E-state index contributed by atoms with van der Waals surface area (Å²) in [5, 5.41) is 0.532. The van der Waals surface area contributed by atoms with Crippen LogP contribution < -0.4 is 19.9 Å². The van der Waals surface area contributed by atoms with Gasteiger partial charge in [-0.2, -0.15) is 0 Å². The molecule has 0 aliphatic heterocycles. The van der Waals surface area contributed by atoms with Crippen molar-refractivity contribution in [2.24, 2.45) is 0 Å². The summed E-state index contributed by atoms with van der Waals surface area (Å²) in [5.41, 5.74) is 5.99. The Morgan fingerprint density at radius 1 is 0.632 bits per heavy atom. The Bertz CT molecular complexity index is 1150. The highest BCUT2D eigenvalue weighted by Crippen LogP contribution is 2.18. The van der Waals surface area contributed by atoms with Crippen LogP contribution in [0.5, 0.6) is 17.2 Å². The molecule has 0 fully saturated rings. The highest BCUT2D eigenvalue weighted by atomic mass is 35.5. The minimum atomic E-state index is -0.507. The van der Waals surface area contributed by atoms with Crippen molar-refractivity contribution in [2.45, 2.75) is 6.92 Å². The van der Waals surface area contributed by atoms with E-state index in [0.29, 0.717) is 5.15 Å². The van der Waals surface area contributed by atoms with Gasteiger partial charge in [0.2, 0.25) is 0 Å². The summed E-state index contributed by atoms with van der Waals surface area (Å²) in [7, 11) is 4.17. The number of methoxy groups -OCH3 is 3. The topological polar surface area (TPSA) is 105 Å². The first-order valence-corrected chi connectivity index (χ1v) is 11.0. The molecule has 4 aromatic heterocycles. The van der Waals surface area contributed by atoms with Crippen molar-refractivity contribution in [1.29, 1.82) is 0 Å². The van der Waals surface area contributed by atoms with Gasteiger partial charge in [0.15, 0.2) is 34.7 Å². The second-order valence-corrected chi connectivity index (χ2v) is 7.42. The van der Waals surface area contributed by atoms with Crippen molar-refractivity contribution in [3.63, 3.8) is 0 Å². The molecule has 14 heteroatoms. The predicted molar refractivity (Wildman–Crippen MR) is 136 cm³/mol. The van der Waals surface area contributed by atoms with Gasteiger partial charge < -0.3 is 19.9 Å². The first-order valence-electron chi connectivity index (χ1n) is 10.2. The normalized spacial score (nSPS) is 9.42. The van der Waals surface area contributed by atoms with Gasteiger partial charge in [-0.15, -0.1) is 0 Å². The highest BCUT2D eigenvalue weighted by Gasteiger charge is 2.02. The molecule has 0 radical (unpaired) electrons. The summed E-state index contributed by atoms with van der Waals surface area (Å²) in [6.45, 7) is 1.78. The lowest BCUT2D eigenvalue weighted by Crippen LogP contribution is -1.94. The number of anilines is 1. The third kappa shape index (κ3) is 11.9. The van der Waals surface area contributed by atoms with Crippen LogP contribution in [-0.4, -0.2) is 41.3 Å². The minimum absolute atomic E-state index is 0.111.